The van der Waals surface area contributed by atoms with Crippen LogP contribution < -0.4 is 28.5 Å². The third-order valence-corrected chi connectivity index (χ3v) is 2.76. The highest BCUT2D eigenvalue weighted by Gasteiger charge is 2.35. The van der Waals surface area contributed by atoms with Crippen LogP contribution >= 0.6 is 0 Å². The molecule has 5 nitrogen and oxygen atoms in total. The number of hydrogen-bond acceptors (Lipinski definition) is 2. The summed E-state index contributed by atoms with van der Waals surface area (Å²) in [5, 5.41) is 0. The monoisotopic (exact) mass is 351 g/mol. The van der Waals surface area contributed by atoms with Crippen molar-refractivity contribution in [2.24, 2.45) is 7.05 Å². The summed E-state index contributed by atoms with van der Waals surface area (Å²) >= 11 is 0. The molecular formula is C11H18IN3O2. The van der Waals surface area contributed by atoms with E-state index in [2.05, 4.69) is 0 Å². The SMILES string of the molecule is COCCN(C(=O)n1cc[n+](C)c1)C1CC1.[I-]. The van der Waals surface area contributed by atoms with Gasteiger partial charge in [0, 0.05) is 19.7 Å². The fourth-order valence-electron chi connectivity index (χ4n) is 1.72. The molecule has 1 heterocycles. The summed E-state index contributed by atoms with van der Waals surface area (Å²) in [6, 6.07) is 0.454. The molecule has 1 aliphatic rings. The standard InChI is InChI=1S/C11H18N3O2.HI/c1-12-5-6-13(9-12)11(15)14(7-8-16-2)10-3-4-10;/h5-6,9-10H,3-4,7-8H2,1-2H3;1H/q+1;/p-1. The molecule has 0 aliphatic heterocycles. The lowest BCUT2D eigenvalue weighted by molar-refractivity contribution is -0.670. The number of ether oxygens (including phenoxy) is 1. The molecule has 0 radical (unpaired) electrons. The highest BCUT2D eigenvalue weighted by atomic mass is 127. The van der Waals surface area contributed by atoms with Crippen molar-refractivity contribution >= 4 is 6.03 Å². The van der Waals surface area contributed by atoms with Crippen molar-refractivity contribution in [3.05, 3.63) is 18.7 Å². The summed E-state index contributed by atoms with van der Waals surface area (Å²) in [5.74, 6) is 0. The summed E-state index contributed by atoms with van der Waals surface area (Å²) in [7, 11) is 3.56. The Morgan fingerprint density at radius 3 is 2.76 bits per heavy atom. The number of amides is 1. The van der Waals surface area contributed by atoms with Gasteiger partial charge in [-0.2, -0.15) is 4.57 Å². The number of aromatic nitrogens is 2. The number of aryl methyl sites for hydroxylation is 1. The average molecular weight is 351 g/mol. The van der Waals surface area contributed by atoms with Gasteiger partial charge < -0.3 is 28.7 Å². The Morgan fingerprint density at radius 1 is 1.59 bits per heavy atom. The summed E-state index contributed by atoms with van der Waals surface area (Å²) in [6.45, 7) is 1.26. The number of carbonyl (C=O) groups is 1. The van der Waals surface area contributed by atoms with Crippen molar-refractivity contribution in [3.63, 3.8) is 0 Å². The van der Waals surface area contributed by atoms with Crippen LogP contribution in [-0.2, 0) is 11.8 Å². The first kappa shape index (κ1) is 14.4. The molecule has 17 heavy (non-hydrogen) atoms. The van der Waals surface area contributed by atoms with Gasteiger partial charge in [-0.1, -0.05) is 0 Å². The lowest BCUT2D eigenvalue weighted by Gasteiger charge is -2.18. The second-order valence-corrected chi connectivity index (χ2v) is 4.19. The van der Waals surface area contributed by atoms with Crippen LogP contribution in [0.3, 0.4) is 0 Å². The molecule has 0 unspecified atom stereocenters. The maximum absolute atomic E-state index is 12.2. The van der Waals surface area contributed by atoms with Gasteiger partial charge in [-0.25, -0.2) is 9.36 Å². The van der Waals surface area contributed by atoms with Gasteiger partial charge in [-0.05, 0) is 12.8 Å². The second-order valence-electron chi connectivity index (χ2n) is 4.19. The zero-order chi connectivity index (χ0) is 11.5. The predicted molar refractivity (Wildman–Crippen MR) is 58.0 cm³/mol. The van der Waals surface area contributed by atoms with Gasteiger partial charge in [0.1, 0.15) is 12.4 Å². The number of methoxy groups -OCH3 is 1. The average Bonchev–Trinajstić information content (AvgIpc) is 3.01. The predicted octanol–water partition coefficient (Wildman–Crippen LogP) is -2.60. The molecule has 0 atom stereocenters. The zero-order valence-corrected chi connectivity index (χ0v) is 12.3. The normalized spacial score (nSPS) is 14.2. The Labute approximate surface area is 118 Å². The number of halogens is 1. The molecule has 0 spiro atoms. The van der Waals surface area contributed by atoms with E-state index in [4.69, 9.17) is 4.74 Å². The van der Waals surface area contributed by atoms with Gasteiger partial charge in [0.25, 0.3) is 6.33 Å². The van der Waals surface area contributed by atoms with Crippen molar-refractivity contribution in [1.82, 2.24) is 9.47 Å². The number of rotatable bonds is 4. The number of carbonyl (C=O) groups excluding carboxylic acids is 1. The van der Waals surface area contributed by atoms with Crippen LogP contribution in [0.15, 0.2) is 18.7 Å². The van der Waals surface area contributed by atoms with Crippen molar-refractivity contribution < 1.29 is 38.1 Å². The van der Waals surface area contributed by atoms with Gasteiger partial charge in [0.15, 0.2) is 0 Å². The van der Waals surface area contributed by atoms with Gasteiger partial charge >= 0.3 is 6.03 Å². The smallest absolute Gasteiger partial charge is 0.416 e. The van der Waals surface area contributed by atoms with E-state index in [1.54, 1.807) is 24.2 Å². The van der Waals surface area contributed by atoms with Crippen molar-refractivity contribution in [2.45, 2.75) is 18.9 Å². The molecule has 1 saturated carbocycles. The lowest BCUT2D eigenvalue weighted by Crippen LogP contribution is -3.00. The molecule has 1 aromatic rings. The molecule has 1 amide bonds. The summed E-state index contributed by atoms with van der Waals surface area (Å²) in [5.41, 5.74) is 0. The maximum Gasteiger partial charge on any atom is 0.416 e. The highest BCUT2D eigenvalue weighted by molar-refractivity contribution is 5.77. The summed E-state index contributed by atoms with van der Waals surface area (Å²) in [6.07, 6.45) is 7.65. The van der Waals surface area contributed by atoms with E-state index in [9.17, 15) is 4.79 Å². The molecule has 96 valence electrons. The molecule has 1 aromatic heterocycles. The summed E-state index contributed by atoms with van der Waals surface area (Å²) in [4.78, 5) is 14.1. The van der Waals surface area contributed by atoms with Gasteiger partial charge in [-0.15, -0.1) is 0 Å². The van der Waals surface area contributed by atoms with Crippen LogP contribution in [0.1, 0.15) is 12.8 Å². The van der Waals surface area contributed by atoms with E-state index in [1.807, 2.05) is 22.7 Å². The van der Waals surface area contributed by atoms with Gasteiger partial charge in [0.2, 0.25) is 0 Å². The van der Waals surface area contributed by atoms with Crippen LogP contribution in [0, 0.1) is 0 Å². The maximum atomic E-state index is 12.2. The van der Waals surface area contributed by atoms with E-state index in [1.165, 1.54) is 0 Å². The molecule has 1 fully saturated rings. The van der Waals surface area contributed by atoms with E-state index >= 15 is 0 Å². The molecule has 6 heteroatoms. The minimum Gasteiger partial charge on any atom is -1.00 e. The van der Waals surface area contributed by atoms with Crippen molar-refractivity contribution in [3.8, 4) is 0 Å². The topological polar surface area (TPSA) is 38.4 Å². The number of hydrogen-bond donors (Lipinski definition) is 0. The Bertz CT molecular complexity index is 377. The minimum atomic E-state index is 0. The minimum absolute atomic E-state index is 0. The Hall–Kier alpha value is -0.630. The molecule has 0 N–H and O–H groups in total. The van der Waals surface area contributed by atoms with Crippen molar-refractivity contribution in [2.75, 3.05) is 20.3 Å². The Balaban J connectivity index is 0.00000144. The van der Waals surface area contributed by atoms with Crippen LogP contribution in [-0.4, -0.2) is 41.8 Å². The first-order valence-corrected chi connectivity index (χ1v) is 5.55. The highest BCUT2D eigenvalue weighted by Crippen LogP contribution is 2.27. The van der Waals surface area contributed by atoms with Crippen LogP contribution in [0.4, 0.5) is 4.79 Å². The summed E-state index contributed by atoms with van der Waals surface area (Å²) < 4.78 is 8.51. The molecule has 0 bridgehead atoms. The van der Waals surface area contributed by atoms with E-state index in [0.717, 1.165) is 12.8 Å². The third kappa shape index (κ3) is 3.67. The van der Waals surface area contributed by atoms with E-state index in [0.29, 0.717) is 19.2 Å². The fourth-order valence-corrected chi connectivity index (χ4v) is 1.72. The Morgan fingerprint density at radius 2 is 2.29 bits per heavy atom. The van der Waals surface area contributed by atoms with Gasteiger partial charge in [0.05, 0.1) is 13.7 Å². The number of imidazole rings is 1. The van der Waals surface area contributed by atoms with Crippen LogP contribution in [0.5, 0.6) is 0 Å². The molecule has 2 rings (SSSR count). The van der Waals surface area contributed by atoms with Crippen LogP contribution in [0.2, 0.25) is 0 Å². The Kier molecular flexibility index (Phi) is 5.38. The van der Waals surface area contributed by atoms with E-state index < -0.39 is 0 Å². The zero-order valence-electron chi connectivity index (χ0n) is 10.2. The van der Waals surface area contributed by atoms with Crippen LogP contribution in [0.25, 0.3) is 0 Å². The first-order chi connectivity index (χ1) is 7.72. The van der Waals surface area contributed by atoms with E-state index in [-0.39, 0.29) is 30.0 Å². The lowest BCUT2D eigenvalue weighted by atomic mass is 10.5. The second kappa shape index (κ2) is 6.34. The molecule has 0 aromatic carbocycles. The third-order valence-electron chi connectivity index (χ3n) is 2.76. The molecule has 0 saturated heterocycles. The molecular weight excluding hydrogens is 333 g/mol. The quantitative estimate of drug-likeness (QED) is 0.441. The van der Waals surface area contributed by atoms with Gasteiger partial charge in [-0.3, -0.25) is 4.90 Å². The largest absolute Gasteiger partial charge is 1.00 e. The van der Waals surface area contributed by atoms with Crippen molar-refractivity contribution in [1.29, 1.82) is 0 Å². The fraction of sp³-hybridized carbons (Fsp3) is 0.636. The molecule has 1 aliphatic carbocycles. The number of nitrogens with zero attached hydrogens (tertiary/aromatic N) is 3. The first-order valence-electron chi connectivity index (χ1n) is 5.55.